The molecule has 0 unspecified atom stereocenters. The van der Waals surface area contributed by atoms with E-state index >= 15 is 0 Å². The van der Waals surface area contributed by atoms with E-state index in [4.69, 9.17) is 9.84 Å². The molecule has 1 rings (SSSR count). The summed E-state index contributed by atoms with van der Waals surface area (Å²) in [7, 11) is 0. The van der Waals surface area contributed by atoms with Gasteiger partial charge in [0.25, 0.3) is 0 Å². The van der Waals surface area contributed by atoms with Gasteiger partial charge in [0.1, 0.15) is 0 Å². The lowest BCUT2D eigenvalue weighted by Crippen LogP contribution is -2.46. The van der Waals surface area contributed by atoms with Crippen molar-refractivity contribution in [3.05, 3.63) is 0 Å². The van der Waals surface area contributed by atoms with E-state index in [9.17, 15) is 4.79 Å². The van der Waals surface area contributed by atoms with Gasteiger partial charge in [0.15, 0.2) is 0 Å². The molecule has 0 aromatic carbocycles. The number of piperidine rings is 1. The number of carbonyl (C=O) groups is 1. The molecule has 0 aromatic rings. The molecular formula is C11H22N2O3. The Morgan fingerprint density at radius 1 is 1.44 bits per heavy atom. The van der Waals surface area contributed by atoms with E-state index in [2.05, 4.69) is 10.6 Å². The average molecular weight is 230 g/mol. The second kappa shape index (κ2) is 8.50. The maximum Gasteiger partial charge on any atom is 0.237 e. The van der Waals surface area contributed by atoms with Crippen LogP contribution in [0.25, 0.3) is 0 Å². The molecule has 1 aliphatic rings. The van der Waals surface area contributed by atoms with Gasteiger partial charge in [-0.15, -0.1) is 0 Å². The fourth-order valence-electron chi connectivity index (χ4n) is 1.75. The molecule has 0 spiro atoms. The Hall–Kier alpha value is -0.650. The Bertz CT molecular complexity index is 194. The van der Waals surface area contributed by atoms with Crippen molar-refractivity contribution >= 4 is 5.91 Å². The number of hydrogen-bond acceptors (Lipinski definition) is 4. The Labute approximate surface area is 96.6 Å². The van der Waals surface area contributed by atoms with E-state index < -0.39 is 0 Å². The van der Waals surface area contributed by atoms with Crippen LogP contribution in [-0.4, -0.2) is 50.0 Å². The normalized spacial score (nSPS) is 20.7. The van der Waals surface area contributed by atoms with Crippen molar-refractivity contribution in [2.45, 2.75) is 31.7 Å². The predicted molar refractivity (Wildman–Crippen MR) is 61.2 cm³/mol. The van der Waals surface area contributed by atoms with Gasteiger partial charge in [0, 0.05) is 13.2 Å². The maximum absolute atomic E-state index is 11.6. The monoisotopic (exact) mass is 230 g/mol. The molecule has 1 amide bonds. The van der Waals surface area contributed by atoms with Crippen LogP contribution >= 0.6 is 0 Å². The molecule has 5 nitrogen and oxygen atoms in total. The van der Waals surface area contributed by atoms with Crippen LogP contribution in [0.1, 0.15) is 25.7 Å². The predicted octanol–water partition coefficient (Wildman–Crippen LogP) is -0.356. The summed E-state index contributed by atoms with van der Waals surface area (Å²) in [4.78, 5) is 11.6. The van der Waals surface area contributed by atoms with E-state index in [0.717, 1.165) is 25.8 Å². The number of hydrogen-bond donors (Lipinski definition) is 3. The summed E-state index contributed by atoms with van der Waals surface area (Å²) in [5.41, 5.74) is 0. The molecule has 5 heteroatoms. The maximum atomic E-state index is 11.6. The number of amides is 1. The Morgan fingerprint density at radius 3 is 3.00 bits per heavy atom. The Morgan fingerprint density at radius 2 is 2.31 bits per heavy atom. The highest BCUT2D eigenvalue weighted by Gasteiger charge is 2.19. The van der Waals surface area contributed by atoms with Gasteiger partial charge in [-0.25, -0.2) is 0 Å². The Kier molecular flexibility index (Phi) is 7.12. The topological polar surface area (TPSA) is 70.6 Å². The quantitative estimate of drug-likeness (QED) is 0.523. The highest BCUT2D eigenvalue weighted by atomic mass is 16.5. The molecule has 1 fully saturated rings. The molecule has 1 saturated heterocycles. The van der Waals surface area contributed by atoms with Crippen molar-refractivity contribution < 1.29 is 14.6 Å². The van der Waals surface area contributed by atoms with Crippen LogP contribution in [0.15, 0.2) is 0 Å². The minimum atomic E-state index is -0.00731. The second-order valence-corrected chi connectivity index (χ2v) is 3.98. The number of aliphatic hydroxyl groups is 1. The smallest absolute Gasteiger partial charge is 0.237 e. The van der Waals surface area contributed by atoms with E-state index in [1.54, 1.807) is 0 Å². The summed E-state index contributed by atoms with van der Waals surface area (Å²) in [6, 6.07) is -0.00731. The van der Waals surface area contributed by atoms with Gasteiger partial charge in [-0.2, -0.15) is 0 Å². The van der Waals surface area contributed by atoms with Crippen LogP contribution in [0.3, 0.4) is 0 Å². The molecular weight excluding hydrogens is 208 g/mol. The molecule has 0 saturated carbocycles. The largest absolute Gasteiger partial charge is 0.394 e. The van der Waals surface area contributed by atoms with Crippen molar-refractivity contribution in [2.75, 3.05) is 32.9 Å². The highest BCUT2D eigenvalue weighted by molar-refractivity contribution is 5.81. The van der Waals surface area contributed by atoms with Gasteiger partial charge in [-0.1, -0.05) is 6.42 Å². The van der Waals surface area contributed by atoms with Crippen molar-refractivity contribution in [2.24, 2.45) is 0 Å². The first kappa shape index (κ1) is 13.4. The first-order valence-electron chi connectivity index (χ1n) is 6.04. The third-order valence-electron chi connectivity index (χ3n) is 2.63. The molecule has 0 aliphatic carbocycles. The third kappa shape index (κ3) is 5.44. The molecule has 16 heavy (non-hydrogen) atoms. The van der Waals surface area contributed by atoms with Gasteiger partial charge >= 0.3 is 0 Å². The zero-order valence-corrected chi connectivity index (χ0v) is 9.71. The molecule has 0 aromatic heterocycles. The summed E-state index contributed by atoms with van der Waals surface area (Å²) in [5.74, 6) is 0.0989. The lowest BCUT2D eigenvalue weighted by molar-refractivity contribution is -0.123. The summed E-state index contributed by atoms with van der Waals surface area (Å²) >= 11 is 0. The van der Waals surface area contributed by atoms with Crippen LogP contribution in [0.2, 0.25) is 0 Å². The van der Waals surface area contributed by atoms with Gasteiger partial charge in [-0.05, 0) is 25.8 Å². The van der Waals surface area contributed by atoms with Crippen LogP contribution < -0.4 is 10.6 Å². The number of aliphatic hydroxyl groups excluding tert-OH is 1. The SMILES string of the molecule is O=C(NCCCOCCO)[C@H]1CCCCN1. The molecule has 0 bridgehead atoms. The van der Waals surface area contributed by atoms with Gasteiger partial charge in [0.2, 0.25) is 5.91 Å². The zero-order valence-electron chi connectivity index (χ0n) is 9.71. The van der Waals surface area contributed by atoms with Crippen LogP contribution in [0.4, 0.5) is 0 Å². The Balaban J connectivity index is 1.97. The number of carbonyl (C=O) groups excluding carboxylic acids is 1. The molecule has 94 valence electrons. The van der Waals surface area contributed by atoms with Gasteiger partial charge in [0.05, 0.1) is 19.3 Å². The third-order valence-corrected chi connectivity index (χ3v) is 2.63. The average Bonchev–Trinajstić information content (AvgIpc) is 2.34. The summed E-state index contributed by atoms with van der Waals surface area (Å²) < 4.78 is 5.09. The van der Waals surface area contributed by atoms with Gasteiger partial charge in [-0.3, -0.25) is 4.79 Å². The zero-order chi connectivity index (χ0) is 11.6. The van der Waals surface area contributed by atoms with Crippen molar-refractivity contribution in [1.29, 1.82) is 0 Å². The lowest BCUT2D eigenvalue weighted by Gasteiger charge is -2.22. The van der Waals surface area contributed by atoms with Crippen LogP contribution in [0, 0.1) is 0 Å². The molecule has 1 heterocycles. The summed E-state index contributed by atoms with van der Waals surface area (Å²) in [6.07, 6.45) is 4.02. The van der Waals surface area contributed by atoms with E-state index in [-0.39, 0.29) is 18.6 Å². The van der Waals surface area contributed by atoms with Crippen LogP contribution in [-0.2, 0) is 9.53 Å². The highest BCUT2D eigenvalue weighted by Crippen LogP contribution is 2.06. The first-order chi connectivity index (χ1) is 7.84. The standard InChI is InChI=1S/C11H22N2O3/c14-7-9-16-8-3-6-13-11(15)10-4-1-2-5-12-10/h10,12,14H,1-9H2,(H,13,15)/t10-/m1/s1. The fourth-order valence-corrected chi connectivity index (χ4v) is 1.75. The van der Waals surface area contributed by atoms with Crippen molar-refractivity contribution in [3.63, 3.8) is 0 Å². The van der Waals surface area contributed by atoms with Crippen molar-refractivity contribution in [3.8, 4) is 0 Å². The minimum Gasteiger partial charge on any atom is -0.394 e. The van der Waals surface area contributed by atoms with E-state index in [0.29, 0.717) is 19.8 Å². The fraction of sp³-hybridized carbons (Fsp3) is 0.909. The molecule has 1 aliphatic heterocycles. The number of nitrogens with one attached hydrogen (secondary N) is 2. The molecule has 0 radical (unpaired) electrons. The molecule has 3 N–H and O–H groups in total. The lowest BCUT2D eigenvalue weighted by atomic mass is 10.0. The van der Waals surface area contributed by atoms with E-state index in [1.807, 2.05) is 0 Å². The second-order valence-electron chi connectivity index (χ2n) is 3.98. The van der Waals surface area contributed by atoms with Crippen LogP contribution in [0.5, 0.6) is 0 Å². The molecule has 1 atom stereocenters. The minimum absolute atomic E-state index is 0.00731. The summed E-state index contributed by atoms with van der Waals surface area (Å²) in [6.45, 7) is 2.59. The van der Waals surface area contributed by atoms with Crippen molar-refractivity contribution in [1.82, 2.24) is 10.6 Å². The van der Waals surface area contributed by atoms with E-state index in [1.165, 1.54) is 6.42 Å². The number of ether oxygens (including phenoxy) is 1. The first-order valence-corrected chi connectivity index (χ1v) is 6.04. The number of rotatable bonds is 7. The van der Waals surface area contributed by atoms with Gasteiger partial charge < -0.3 is 20.5 Å². The summed E-state index contributed by atoms with van der Waals surface area (Å²) in [5, 5.41) is 14.6.